The fraction of sp³-hybridized carbons (Fsp3) is 0.357. The molecule has 0 atom stereocenters. The molecule has 0 spiro atoms. The van der Waals surface area contributed by atoms with Gasteiger partial charge in [-0.15, -0.1) is 10.2 Å². The van der Waals surface area contributed by atoms with E-state index in [4.69, 9.17) is 5.73 Å². The third kappa shape index (κ3) is 2.21. The van der Waals surface area contributed by atoms with E-state index in [1.165, 1.54) is 16.9 Å². The maximum atomic E-state index is 5.62. The molecule has 3 aromatic rings. The number of nitrogens with zero attached hydrogens (tertiary/aromatic N) is 4. The second-order valence-corrected chi connectivity index (χ2v) is 6.79. The Kier molecular flexibility index (Phi) is 3.07. The van der Waals surface area contributed by atoms with Crippen LogP contribution in [0.15, 0.2) is 24.3 Å². The lowest BCUT2D eigenvalue weighted by atomic mass is 9.87. The van der Waals surface area contributed by atoms with Crippen LogP contribution >= 0.6 is 11.3 Å². The van der Waals surface area contributed by atoms with Crippen molar-refractivity contribution >= 4 is 16.3 Å². The van der Waals surface area contributed by atoms with E-state index in [-0.39, 0.29) is 5.41 Å². The Hall–Kier alpha value is -1.79. The number of nitrogens with two attached hydrogens (primary N) is 1. The van der Waals surface area contributed by atoms with Crippen LogP contribution in [0.2, 0.25) is 0 Å². The Morgan fingerprint density at radius 3 is 2.45 bits per heavy atom. The summed E-state index contributed by atoms with van der Waals surface area (Å²) in [6.07, 6.45) is 0. The highest BCUT2D eigenvalue weighted by atomic mass is 32.1. The number of benzene rings is 1. The molecule has 2 aromatic heterocycles. The van der Waals surface area contributed by atoms with Gasteiger partial charge < -0.3 is 5.73 Å². The second kappa shape index (κ2) is 4.64. The van der Waals surface area contributed by atoms with E-state index in [0.717, 1.165) is 21.4 Å². The first-order chi connectivity index (χ1) is 9.49. The lowest BCUT2D eigenvalue weighted by Gasteiger charge is -2.18. The maximum absolute atomic E-state index is 5.62. The van der Waals surface area contributed by atoms with Crippen molar-refractivity contribution in [2.75, 3.05) is 0 Å². The third-order valence-electron chi connectivity index (χ3n) is 3.22. The molecule has 0 aliphatic heterocycles. The maximum Gasteiger partial charge on any atom is 0.235 e. The first-order valence-corrected chi connectivity index (χ1v) is 7.33. The molecule has 2 N–H and O–H groups in total. The summed E-state index contributed by atoms with van der Waals surface area (Å²) in [6.45, 7) is 7.03. The van der Waals surface area contributed by atoms with Gasteiger partial charge in [-0.3, -0.25) is 0 Å². The number of aromatic nitrogens is 4. The Balaban J connectivity index is 2.04. The van der Waals surface area contributed by atoms with Gasteiger partial charge in [0.2, 0.25) is 4.96 Å². The van der Waals surface area contributed by atoms with Gasteiger partial charge in [0.15, 0.2) is 5.82 Å². The molecule has 0 aliphatic carbocycles. The summed E-state index contributed by atoms with van der Waals surface area (Å²) in [4.78, 5) is 0.778. The molecule has 0 amide bonds. The molecule has 5 nitrogen and oxygen atoms in total. The highest BCUT2D eigenvalue weighted by molar-refractivity contribution is 7.16. The summed E-state index contributed by atoms with van der Waals surface area (Å²) < 4.78 is 1.76. The fourth-order valence-electron chi connectivity index (χ4n) is 2.04. The Morgan fingerprint density at radius 1 is 1.15 bits per heavy atom. The normalized spacial score (nSPS) is 12.2. The molecule has 0 aliphatic rings. The molecular weight excluding hydrogens is 270 g/mol. The van der Waals surface area contributed by atoms with Gasteiger partial charge in [-0.05, 0) is 11.0 Å². The highest BCUT2D eigenvalue weighted by Gasteiger charge is 2.16. The number of rotatable bonds is 2. The minimum Gasteiger partial charge on any atom is -0.324 e. The minimum atomic E-state index is 0.145. The van der Waals surface area contributed by atoms with Gasteiger partial charge in [0.05, 0.1) is 0 Å². The van der Waals surface area contributed by atoms with Crippen LogP contribution in [0.3, 0.4) is 0 Å². The van der Waals surface area contributed by atoms with Crippen molar-refractivity contribution in [3.8, 4) is 11.4 Å². The molecule has 20 heavy (non-hydrogen) atoms. The van der Waals surface area contributed by atoms with Crippen molar-refractivity contribution in [2.45, 2.75) is 32.7 Å². The van der Waals surface area contributed by atoms with Gasteiger partial charge in [0.25, 0.3) is 0 Å². The van der Waals surface area contributed by atoms with E-state index >= 15 is 0 Å². The van der Waals surface area contributed by atoms with Crippen molar-refractivity contribution in [3.63, 3.8) is 0 Å². The summed E-state index contributed by atoms with van der Waals surface area (Å²) in [5, 5.41) is 13.6. The van der Waals surface area contributed by atoms with Crippen LogP contribution in [0.4, 0.5) is 0 Å². The van der Waals surface area contributed by atoms with Crippen LogP contribution in [0, 0.1) is 0 Å². The van der Waals surface area contributed by atoms with Crippen molar-refractivity contribution in [1.29, 1.82) is 0 Å². The predicted octanol–water partition coefficient (Wildman–Crippen LogP) is 2.61. The zero-order chi connectivity index (χ0) is 14.3. The molecule has 104 valence electrons. The van der Waals surface area contributed by atoms with Crippen LogP contribution in [-0.4, -0.2) is 19.8 Å². The van der Waals surface area contributed by atoms with Crippen molar-refractivity contribution in [1.82, 2.24) is 19.8 Å². The van der Waals surface area contributed by atoms with Crippen LogP contribution in [0.5, 0.6) is 0 Å². The quantitative estimate of drug-likeness (QED) is 0.786. The minimum absolute atomic E-state index is 0.145. The topological polar surface area (TPSA) is 69.1 Å². The van der Waals surface area contributed by atoms with Gasteiger partial charge >= 0.3 is 0 Å². The SMILES string of the molecule is CC(C)(C)c1ccc(-c2nnc3sc(CN)nn23)cc1. The summed E-state index contributed by atoms with van der Waals surface area (Å²) in [7, 11) is 0. The average molecular weight is 287 g/mol. The lowest BCUT2D eigenvalue weighted by molar-refractivity contribution is 0.590. The van der Waals surface area contributed by atoms with Crippen LogP contribution < -0.4 is 5.73 Å². The highest BCUT2D eigenvalue weighted by Crippen LogP contribution is 2.26. The fourth-order valence-corrected chi connectivity index (χ4v) is 2.75. The largest absolute Gasteiger partial charge is 0.324 e. The van der Waals surface area contributed by atoms with E-state index in [0.29, 0.717) is 6.54 Å². The first kappa shape index (κ1) is 13.2. The number of hydrogen-bond donors (Lipinski definition) is 1. The summed E-state index contributed by atoms with van der Waals surface area (Å²) in [5.74, 6) is 0.761. The van der Waals surface area contributed by atoms with Crippen molar-refractivity contribution in [3.05, 3.63) is 34.8 Å². The molecular formula is C14H17N5S. The molecule has 0 saturated heterocycles. The van der Waals surface area contributed by atoms with Gasteiger partial charge in [-0.25, -0.2) is 0 Å². The molecule has 1 aromatic carbocycles. The molecule has 0 fully saturated rings. The average Bonchev–Trinajstić information content (AvgIpc) is 2.97. The molecule has 0 radical (unpaired) electrons. The standard InChI is InChI=1S/C14H17N5S/c1-14(2,3)10-6-4-9(5-7-10)12-16-17-13-19(12)18-11(8-15)20-13/h4-7H,8,15H2,1-3H3. The second-order valence-electron chi connectivity index (χ2n) is 5.75. The molecule has 3 rings (SSSR count). The predicted molar refractivity (Wildman–Crippen MR) is 80.7 cm³/mol. The summed E-state index contributed by atoms with van der Waals surface area (Å²) in [6, 6.07) is 8.40. The zero-order valence-electron chi connectivity index (χ0n) is 11.8. The van der Waals surface area contributed by atoms with E-state index in [1.54, 1.807) is 4.52 Å². The first-order valence-electron chi connectivity index (χ1n) is 6.51. The van der Waals surface area contributed by atoms with Crippen LogP contribution in [0.25, 0.3) is 16.3 Å². The molecule has 0 saturated carbocycles. The Morgan fingerprint density at radius 2 is 1.85 bits per heavy atom. The Labute approximate surface area is 121 Å². The van der Waals surface area contributed by atoms with Crippen LogP contribution in [-0.2, 0) is 12.0 Å². The van der Waals surface area contributed by atoms with Gasteiger partial charge in [0, 0.05) is 12.1 Å². The molecule has 6 heteroatoms. The molecule has 0 bridgehead atoms. The third-order valence-corrected chi connectivity index (χ3v) is 4.14. The monoisotopic (exact) mass is 287 g/mol. The molecule has 0 unspecified atom stereocenters. The smallest absolute Gasteiger partial charge is 0.235 e. The lowest BCUT2D eigenvalue weighted by Crippen LogP contribution is -2.10. The van der Waals surface area contributed by atoms with Gasteiger partial charge in [-0.1, -0.05) is 56.4 Å². The summed E-state index contributed by atoms with van der Waals surface area (Å²) >= 11 is 1.47. The van der Waals surface area contributed by atoms with Crippen molar-refractivity contribution in [2.24, 2.45) is 5.73 Å². The molecule has 2 heterocycles. The Bertz CT molecular complexity index is 733. The van der Waals surface area contributed by atoms with E-state index in [1.807, 2.05) is 0 Å². The zero-order valence-corrected chi connectivity index (χ0v) is 12.6. The van der Waals surface area contributed by atoms with Gasteiger partial charge in [-0.2, -0.15) is 9.61 Å². The van der Waals surface area contributed by atoms with E-state index < -0.39 is 0 Å². The van der Waals surface area contributed by atoms with Crippen molar-refractivity contribution < 1.29 is 0 Å². The van der Waals surface area contributed by atoms with E-state index in [9.17, 15) is 0 Å². The summed E-state index contributed by atoms with van der Waals surface area (Å²) in [5.41, 5.74) is 8.07. The number of hydrogen-bond acceptors (Lipinski definition) is 5. The van der Waals surface area contributed by atoms with E-state index in [2.05, 4.69) is 60.3 Å². The van der Waals surface area contributed by atoms with Crippen LogP contribution in [0.1, 0.15) is 31.3 Å². The number of fused-ring (bicyclic) bond motifs is 1. The van der Waals surface area contributed by atoms with Gasteiger partial charge in [0.1, 0.15) is 5.01 Å².